The van der Waals surface area contributed by atoms with E-state index in [2.05, 4.69) is 25.4 Å². The highest BCUT2D eigenvalue weighted by atomic mass is 15.0. The Morgan fingerprint density at radius 2 is 1.73 bits per heavy atom. The fourth-order valence-electron chi connectivity index (χ4n) is 1.23. The maximum atomic E-state index is 3.78. The van der Waals surface area contributed by atoms with Crippen molar-refractivity contribution in [3.63, 3.8) is 0 Å². The van der Waals surface area contributed by atoms with E-state index in [-0.39, 0.29) is 0 Å². The predicted molar refractivity (Wildman–Crippen MR) is 67.7 cm³/mol. The van der Waals surface area contributed by atoms with Gasteiger partial charge in [-0.3, -0.25) is 0 Å². The van der Waals surface area contributed by atoms with Crippen molar-refractivity contribution in [2.75, 3.05) is 0 Å². The molecule has 0 radical (unpaired) electrons. The summed E-state index contributed by atoms with van der Waals surface area (Å²) in [5, 5.41) is 0. The Morgan fingerprint density at radius 1 is 1.13 bits per heavy atom. The molecule has 0 atom stereocenters. The van der Waals surface area contributed by atoms with E-state index in [4.69, 9.17) is 0 Å². The Morgan fingerprint density at radius 3 is 2.00 bits per heavy atom. The molecule has 0 aliphatic rings. The number of hydrogen-bond donors (Lipinski definition) is 0. The maximum absolute atomic E-state index is 3.78. The normalized spacial score (nSPS) is 9.20. The molecule has 2 heteroatoms. The van der Waals surface area contributed by atoms with Crippen molar-refractivity contribution in [1.29, 1.82) is 0 Å². The van der Waals surface area contributed by atoms with Gasteiger partial charge in [0.25, 0.3) is 0 Å². The Hall–Kier alpha value is -1.05. The van der Waals surface area contributed by atoms with E-state index in [1.807, 2.05) is 6.20 Å². The van der Waals surface area contributed by atoms with Crippen molar-refractivity contribution >= 4 is 6.20 Å². The summed E-state index contributed by atoms with van der Waals surface area (Å²) in [7, 11) is 0. The van der Waals surface area contributed by atoms with Gasteiger partial charge in [0, 0.05) is 18.6 Å². The van der Waals surface area contributed by atoms with Crippen LogP contribution in [-0.2, 0) is 0 Å². The van der Waals surface area contributed by atoms with Gasteiger partial charge >= 0.3 is 0 Å². The van der Waals surface area contributed by atoms with Crippen molar-refractivity contribution in [3.05, 3.63) is 25.3 Å². The molecule has 0 bridgehead atoms. The molecule has 15 heavy (non-hydrogen) atoms. The number of unbranched alkanes of at least 4 members (excludes halogenated alkanes) is 5. The predicted octanol–water partition coefficient (Wildman–Crippen LogP) is 4.35. The minimum Gasteiger partial charge on any atom is -0.314 e. The summed E-state index contributed by atoms with van der Waals surface area (Å²) in [5.74, 6) is 0. The van der Waals surface area contributed by atoms with Gasteiger partial charge in [0.1, 0.15) is 0 Å². The number of aromatic nitrogens is 2. The molecule has 1 aromatic rings. The van der Waals surface area contributed by atoms with Crippen molar-refractivity contribution in [2.24, 2.45) is 0 Å². The third-order valence-electron chi connectivity index (χ3n) is 2.19. The minimum atomic E-state index is 1.36. The fraction of sp³-hybridized carbons (Fsp3) is 0.615. The zero-order valence-corrected chi connectivity index (χ0v) is 10.2. The zero-order valence-electron chi connectivity index (χ0n) is 10.2. The van der Waals surface area contributed by atoms with Gasteiger partial charge in [-0.15, -0.1) is 0 Å². The second-order valence-corrected chi connectivity index (χ2v) is 3.61. The molecule has 0 unspecified atom stereocenters. The van der Waals surface area contributed by atoms with Gasteiger partial charge in [-0.2, -0.15) is 0 Å². The molecule has 0 aliphatic heterocycles. The van der Waals surface area contributed by atoms with E-state index >= 15 is 0 Å². The molecular weight excluding hydrogens is 184 g/mol. The third kappa shape index (κ3) is 9.26. The highest BCUT2D eigenvalue weighted by molar-refractivity contribution is 5.14. The quantitative estimate of drug-likeness (QED) is 0.635. The van der Waals surface area contributed by atoms with Crippen LogP contribution in [-0.4, -0.2) is 9.55 Å². The van der Waals surface area contributed by atoms with E-state index in [0.29, 0.717) is 0 Å². The molecule has 0 spiro atoms. The Bertz CT molecular complexity index is 208. The van der Waals surface area contributed by atoms with Gasteiger partial charge in [-0.25, -0.2) is 4.98 Å². The van der Waals surface area contributed by atoms with Gasteiger partial charge in [0.2, 0.25) is 0 Å². The van der Waals surface area contributed by atoms with Crippen LogP contribution in [0.25, 0.3) is 6.20 Å². The average Bonchev–Trinajstić information content (AvgIpc) is 2.78. The number of imidazole rings is 1. The van der Waals surface area contributed by atoms with Crippen LogP contribution in [0.2, 0.25) is 0 Å². The molecule has 1 heterocycles. The summed E-state index contributed by atoms with van der Waals surface area (Å²) in [6.07, 6.45) is 15.4. The lowest BCUT2D eigenvalue weighted by atomic mass is 10.1. The molecule has 2 nitrogen and oxygen atoms in total. The molecule has 1 rings (SSSR count). The zero-order chi connectivity index (χ0) is 11.4. The molecule has 0 aliphatic carbocycles. The van der Waals surface area contributed by atoms with Crippen LogP contribution < -0.4 is 0 Å². The molecule has 1 aromatic heterocycles. The molecule has 0 saturated carbocycles. The highest BCUT2D eigenvalue weighted by Gasteiger charge is 1.83. The lowest BCUT2D eigenvalue weighted by Gasteiger charge is -1.93. The summed E-state index contributed by atoms with van der Waals surface area (Å²) in [6.45, 7) is 8.04. The molecule has 0 saturated heterocycles. The van der Waals surface area contributed by atoms with Gasteiger partial charge in [0.05, 0.1) is 6.33 Å². The van der Waals surface area contributed by atoms with Crippen LogP contribution in [0.5, 0.6) is 0 Å². The fourth-order valence-corrected chi connectivity index (χ4v) is 1.23. The number of nitrogens with zero attached hydrogens (tertiary/aromatic N) is 2. The van der Waals surface area contributed by atoms with Gasteiger partial charge in [-0.05, 0) is 0 Å². The molecule has 0 fully saturated rings. The average molecular weight is 208 g/mol. The highest BCUT2D eigenvalue weighted by Crippen LogP contribution is 2.03. The minimum absolute atomic E-state index is 1.36. The van der Waals surface area contributed by atoms with Crippen LogP contribution in [0.4, 0.5) is 0 Å². The van der Waals surface area contributed by atoms with E-state index in [1.54, 1.807) is 23.3 Å². The monoisotopic (exact) mass is 208 g/mol. The topological polar surface area (TPSA) is 17.8 Å². The Balaban J connectivity index is 0.000000262. The van der Waals surface area contributed by atoms with Crippen molar-refractivity contribution in [1.82, 2.24) is 9.55 Å². The smallest absolute Gasteiger partial charge is 0.0986 e. The summed E-state index contributed by atoms with van der Waals surface area (Å²) in [6, 6.07) is 0. The van der Waals surface area contributed by atoms with E-state index < -0.39 is 0 Å². The summed E-state index contributed by atoms with van der Waals surface area (Å²) in [5.41, 5.74) is 0. The first-order chi connectivity index (χ1) is 7.35. The van der Waals surface area contributed by atoms with E-state index in [9.17, 15) is 0 Å². The van der Waals surface area contributed by atoms with E-state index in [0.717, 1.165) is 0 Å². The van der Waals surface area contributed by atoms with E-state index in [1.165, 1.54) is 38.5 Å². The van der Waals surface area contributed by atoms with Crippen molar-refractivity contribution in [2.45, 2.75) is 52.4 Å². The Labute approximate surface area is 94.0 Å². The first-order valence-corrected chi connectivity index (χ1v) is 5.95. The lowest BCUT2D eigenvalue weighted by Crippen LogP contribution is -1.73. The summed E-state index contributed by atoms with van der Waals surface area (Å²) < 4.78 is 1.78. The Kier molecular flexibility index (Phi) is 10.3. The molecule has 0 N–H and O–H groups in total. The molecule has 86 valence electrons. The van der Waals surface area contributed by atoms with Crippen LogP contribution in [0, 0.1) is 0 Å². The van der Waals surface area contributed by atoms with Crippen molar-refractivity contribution < 1.29 is 0 Å². The molecule has 0 aromatic carbocycles. The largest absolute Gasteiger partial charge is 0.314 e. The number of hydrogen-bond acceptors (Lipinski definition) is 1. The van der Waals surface area contributed by atoms with Gasteiger partial charge < -0.3 is 4.57 Å². The summed E-state index contributed by atoms with van der Waals surface area (Å²) >= 11 is 0. The molecule has 0 amide bonds. The number of rotatable bonds is 6. The maximum Gasteiger partial charge on any atom is 0.0986 e. The van der Waals surface area contributed by atoms with Crippen LogP contribution in [0.1, 0.15) is 52.4 Å². The first-order valence-electron chi connectivity index (χ1n) is 5.95. The SMILES string of the molecule is C=Cn1ccnc1.CCCCCCCC. The van der Waals surface area contributed by atoms with Crippen LogP contribution in [0.3, 0.4) is 0 Å². The van der Waals surface area contributed by atoms with Crippen molar-refractivity contribution in [3.8, 4) is 0 Å². The molecular formula is C13H24N2. The lowest BCUT2D eigenvalue weighted by molar-refractivity contribution is 0.624. The second kappa shape index (κ2) is 11.0. The summed E-state index contributed by atoms with van der Waals surface area (Å²) in [4.78, 5) is 3.78. The van der Waals surface area contributed by atoms with Gasteiger partial charge in [-0.1, -0.05) is 59.0 Å². The van der Waals surface area contributed by atoms with Crippen LogP contribution >= 0.6 is 0 Å². The second-order valence-electron chi connectivity index (χ2n) is 3.61. The third-order valence-corrected chi connectivity index (χ3v) is 2.19. The first kappa shape index (κ1) is 13.9. The van der Waals surface area contributed by atoms with Gasteiger partial charge in [0.15, 0.2) is 0 Å². The van der Waals surface area contributed by atoms with Crippen LogP contribution in [0.15, 0.2) is 25.3 Å². The standard InChI is InChI=1S/C8H18.C5H6N2/c1-3-5-7-8-6-4-2;1-2-7-4-3-6-5-7/h3-8H2,1-2H3;2-5H,1H2.